The summed E-state index contributed by atoms with van der Waals surface area (Å²) < 4.78 is 35.4. The van der Waals surface area contributed by atoms with Gasteiger partial charge in [0.1, 0.15) is 0 Å². The van der Waals surface area contributed by atoms with Gasteiger partial charge >= 0.3 is 12.1 Å². The minimum Gasteiger partial charge on any atom is -0.481 e. The van der Waals surface area contributed by atoms with Gasteiger partial charge in [0.25, 0.3) is 0 Å². The van der Waals surface area contributed by atoms with E-state index in [2.05, 4.69) is 0 Å². The van der Waals surface area contributed by atoms with Gasteiger partial charge in [0.05, 0.1) is 5.56 Å². The van der Waals surface area contributed by atoms with Crippen molar-refractivity contribution in [1.29, 1.82) is 0 Å². The van der Waals surface area contributed by atoms with Crippen LogP contribution >= 0.6 is 0 Å². The van der Waals surface area contributed by atoms with Crippen LogP contribution in [-0.2, 0) is 11.0 Å². The number of carbonyl (C=O) groups is 1. The molecule has 1 aromatic rings. The van der Waals surface area contributed by atoms with E-state index in [1.165, 1.54) is 12.1 Å². The largest absolute Gasteiger partial charge is 0.481 e. The number of benzene rings is 1. The molecule has 0 spiro atoms. The van der Waals surface area contributed by atoms with Crippen LogP contribution in [0.5, 0.6) is 0 Å². The van der Waals surface area contributed by atoms with E-state index >= 15 is 0 Å². The van der Waals surface area contributed by atoms with Gasteiger partial charge in [0, 0.05) is 6.42 Å². The summed E-state index contributed by atoms with van der Waals surface area (Å²) in [5.41, 5.74) is -0.602. The molecule has 0 aliphatic carbocycles. The molecule has 0 heterocycles. The highest BCUT2D eigenvalue weighted by Crippen LogP contribution is 2.28. The Morgan fingerprint density at radius 2 is 1.67 bits per heavy atom. The van der Waals surface area contributed by atoms with Crippen LogP contribution in [0.4, 0.5) is 13.2 Å². The first-order chi connectivity index (χ1) is 6.88. The van der Waals surface area contributed by atoms with Crippen LogP contribution < -0.4 is 0 Å². The van der Waals surface area contributed by atoms with Gasteiger partial charge < -0.3 is 5.11 Å². The Morgan fingerprint density at radius 1 is 1.27 bits per heavy atom. The summed E-state index contributed by atoms with van der Waals surface area (Å²) in [6, 6.07) is 6.36. The first-order valence-electron chi connectivity index (χ1n) is 4.22. The molecule has 1 aromatic carbocycles. The number of aliphatic carboxylic acids is 1. The lowest BCUT2D eigenvalue weighted by Gasteiger charge is -2.03. The molecule has 0 amide bonds. The van der Waals surface area contributed by atoms with E-state index in [-0.39, 0.29) is 6.42 Å². The SMILES string of the molecule is CCC(=O)O.FC(F)(F)c1ccccc1. The van der Waals surface area contributed by atoms with Crippen molar-refractivity contribution in [2.75, 3.05) is 0 Å². The standard InChI is InChI=1S/C7H5F3.C3H6O2/c8-7(9,10)6-4-2-1-3-5-6;1-2-3(4)5/h1-5H;2H2,1H3,(H,4,5). The van der Waals surface area contributed by atoms with Gasteiger partial charge in [-0.1, -0.05) is 37.3 Å². The Bertz CT molecular complexity index is 293. The normalized spacial score (nSPS) is 10.1. The molecular formula is C10H11F3O2. The fraction of sp³-hybridized carbons (Fsp3) is 0.300. The van der Waals surface area contributed by atoms with E-state index < -0.39 is 17.7 Å². The Kier molecular flexibility index (Phi) is 5.44. The third-order valence-electron chi connectivity index (χ3n) is 1.40. The van der Waals surface area contributed by atoms with E-state index in [4.69, 9.17) is 5.11 Å². The maximum atomic E-state index is 11.8. The topological polar surface area (TPSA) is 37.3 Å². The first-order valence-corrected chi connectivity index (χ1v) is 4.22. The average Bonchev–Trinajstić information content (AvgIpc) is 2.19. The van der Waals surface area contributed by atoms with Crippen LogP contribution in [0, 0.1) is 0 Å². The Hall–Kier alpha value is -1.52. The molecular weight excluding hydrogens is 209 g/mol. The number of halogens is 3. The summed E-state index contributed by atoms with van der Waals surface area (Å²) in [7, 11) is 0. The number of hydrogen-bond acceptors (Lipinski definition) is 1. The molecule has 0 radical (unpaired) electrons. The second-order valence-corrected chi connectivity index (χ2v) is 2.61. The predicted octanol–water partition coefficient (Wildman–Crippen LogP) is 3.19. The minimum atomic E-state index is -4.21. The molecule has 1 rings (SSSR count). The van der Waals surface area contributed by atoms with Crippen molar-refractivity contribution in [2.24, 2.45) is 0 Å². The number of hydrogen-bond donors (Lipinski definition) is 1. The van der Waals surface area contributed by atoms with Crippen molar-refractivity contribution < 1.29 is 23.1 Å². The summed E-state index contributed by atoms with van der Waals surface area (Å²) >= 11 is 0. The monoisotopic (exact) mass is 220 g/mol. The summed E-state index contributed by atoms with van der Waals surface area (Å²) in [5, 5.41) is 7.72. The zero-order valence-electron chi connectivity index (χ0n) is 8.08. The highest BCUT2D eigenvalue weighted by Gasteiger charge is 2.29. The van der Waals surface area contributed by atoms with E-state index in [0.29, 0.717) is 0 Å². The first kappa shape index (κ1) is 13.5. The van der Waals surface area contributed by atoms with Crippen LogP contribution in [0.15, 0.2) is 30.3 Å². The third kappa shape index (κ3) is 6.54. The van der Waals surface area contributed by atoms with E-state index in [1.54, 1.807) is 13.0 Å². The molecule has 0 aliphatic heterocycles. The molecule has 0 unspecified atom stereocenters. The second-order valence-electron chi connectivity index (χ2n) is 2.61. The molecule has 84 valence electrons. The zero-order chi connectivity index (χ0) is 11.9. The van der Waals surface area contributed by atoms with Crippen LogP contribution in [-0.4, -0.2) is 11.1 Å². The molecule has 5 heteroatoms. The lowest BCUT2D eigenvalue weighted by Crippen LogP contribution is -2.03. The lowest BCUT2D eigenvalue weighted by atomic mass is 10.2. The lowest BCUT2D eigenvalue weighted by molar-refractivity contribution is -0.138. The van der Waals surface area contributed by atoms with Crippen molar-refractivity contribution in [3.8, 4) is 0 Å². The molecule has 0 fully saturated rings. The summed E-state index contributed by atoms with van der Waals surface area (Å²) in [5.74, 6) is -0.745. The van der Waals surface area contributed by atoms with Crippen molar-refractivity contribution in [3.63, 3.8) is 0 Å². The maximum absolute atomic E-state index is 11.8. The Balaban J connectivity index is 0.000000336. The summed E-state index contributed by atoms with van der Waals surface area (Å²) in [4.78, 5) is 9.37. The van der Waals surface area contributed by atoms with Gasteiger partial charge in [-0.2, -0.15) is 13.2 Å². The third-order valence-corrected chi connectivity index (χ3v) is 1.40. The van der Waals surface area contributed by atoms with Gasteiger partial charge in [-0.25, -0.2) is 0 Å². The smallest absolute Gasteiger partial charge is 0.416 e. The van der Waals surface area contributed by atoms with Gasteiger partial charge in [-0.15, -0.1) is 0 Å². The van der Waals surface area contributed by atoms with Crippen LogP contribution in [0.1, 0.15) is 18.9 Å². The van der Waals surface area contributed by atoms with Crippen molar-refractivity contribution >= 4 is 5.97 Å². The summed E-state index contributed by atoms with van der Waals surface area (Å²) in [6.45, 7) is 1.60. The van der Waals surface area contributed by atoms with Crippen molar-refractivity contribution in [3.05, 3.63) is 35.9 Å². The Labute approximate surface area is 85.3 Å². The van der Waals surface area contributed by atoms with E-state index in [1.807, 2.05) is 0 Å². The molecule has 0 saturated heterocycles. The van der Waals surface area contributed by atoms with Crippen LogP contribution in [0.3, 0.4) is 0 Å². The molecule has 1 N–H and O–H groups in total. The molecule has 0 aromatic heterocycles. The van der Waals surface area contributed by atoms with E-state index in [9.17, 15) is 18.0 Å². The average molecular weight is 220 g/mol. The fourth-order valence-corrected chi connectivity index (χ4v) is 0.627. The molecule has 0 saturated carbocycles. The highest BCUT2D eigenvalue weighted by atomic mass is 19.4. The summed E-state index contributed by atoms with van der Waals surface area (Å²) in [6.07, 6.45) is -3.98. The number of rotatable bonds is 1. The maximum Gasteiger partial charge on any atom is 0.416 e. The number of carboxylic acid groups (broad SMARTS) is 1. The van der Waals surface area contributed by atoms with Crippen molar-refractivity contribution in [2.45, 2.75) is 19.5 Å². The van der Waals surface area contributed by atoms with Gasteiger partial charge in [-0.05, 0) is 0 Å². The number of carboxylic acids is 1. The van der Waals surface area contributed by atoms with Crippen LogP contribution in [0.25, 0.3) is 0 Å². The van der Waals surface area contributed by atoms with Gasteiger partial charge in [0.2, 0.25) is 0 Å². The molecule has 15 heavy (non-hydrogen) atoms. The zero-order valence-corrected chi connectivity index (χ0v) is 8.08. The van der Waals surface area contributed by atoms with Gasteiger partial charge in [0.15, 0.2) is 0 Å². The second kappa shape index (κ2) is 6.06. The van der Waals surface area contributed by atoms with E-state index in [0.717, 1.165) is 12.1 Å². The molecule has 2 nitrogen and oxygen atoms in total. The highest BCUT2D eigenvalue weighted by molar-refractivity contribution is 5.66. The van der Waals surface area contributed by atoms with Crippen molar-refractivity contribution in [1.82, 2.24) is 0 Å². The fourth-order valence-electron chi connectivity index (χ4n) is 0.627. The van der Waals surface area contributed by atoms with Crippen LogP contribution in [0.2, 0.25) is 0 Å². The molecule has 0 aliphatic rings. The van der Waals surface area contributed by atoms with Gasteiger partial charge in [-0.3, -0.25) is 4.79 Å². The predicted molar refractivity (Wildman–Crippen MR) is 49.4 cm³/mol. The Morgan fingerprint density at radius 3 is 1.87 bits per heavy atom. The quantitative estimate of drug-likeness (QED) is 0.789. The molecule has 0 atom stereocenters. The number of alkyl halides is 3. The minimum absolute atomic E-state index is 0.222. The molecule has 0 bridgehead atoms.